The average Bonchev–Trinajstić information content (AvgIpc) is 2.90. The lowest BCUT2D eigenvalue weighted by Gasteiger charge is -2.18. The lowest BCUT2D eigenvalue weighted by atomic mass is 10.0. The molecular formula is C14H19N3O2S. The first-order valence-corrected chi connectivity index (χ1v) is 8.11. The summed E-state index contributed by atoms with van der Waals surface area (Å²) in [6, 6.07) is 8.57. The molecule has 0 saturated carbocycles. The Labute approximate surface area is 120 Å². The molecule has 1 aliphatic rings. The Kier molecular flexibility index (Phi) is 4.43. The Balaban J connectivity index is 2.17. The third-order valence-electron chi connectivity index (χ3n) is 3.78. The molecule has 0 bridgehead atoms. The molecule has 1 fully saturated rings. The second-order valence-corrected chi connectivity index (χ2v) is 7.19. The van der Waals surface area contributed by atoms with Gasteiger partial charge < -0.3 is 5.73 Å². The van der Waals surface area contributed by atoms with Crippen LogP contribution in [0.25, 0.3) is 0 Å². The molecule has 1 aromatic rings. The van der Waals surface area contributed by atoms with E-state index in [0.717, 1.165) is 12.0 Å². The highest BCUT2D eigenvalue weighted by Gasteiger charge is 2.33. The minimum atomic E-state index is -3.44. The van der Waals surface area contributed by atoms with Gasteiger partial charge in [0.2, 0.25) is 10.0 Å². The first kappa shape index (κ1) is 15.0. The van der Waals surface area contributed by atoms with Gasteiger partial charge in [-0.15, -0.1) is 0 Å². The predicted octanol–water partition coefficient (Wildman–Crippen LogP) is 1.11. The third-order valence-corrected chi connectivity index (χ3v) is 5.65. The number of rotatable bonds is 4. The number of hydrogen-bond donors (Lipinski definition) is 1. The summed E-state index contributed by atoms with van der Waals surface area (Å²) in [6.45, 7) is 2.92. The molecule has 2 atom stereocenters. The van der Waals surface area contributed by atoms with E-state index in [2.05, 4.69) is 0 Å². The normalized spacial score (nSPS) is 21.6. The van der Waals surface area contributed by atoms with Crippen molar-refractivity contribution >= 4 is 10.0 Å². The molecule has 1 aliphatic heterocycles. The molecule has 2 rings (SSSR count). The van der Waals surface area contributed by atoms with Gasteiger partial charge in [0.05, 0.1) is 17.4 Å². The van der Waals surface area contributed by atoms with Crippen molar-refractivity contribution in [2.45, 2.75) is 30.7 Å². The van der Waals surface area contributed by atoms with Crippen molar-refractivity contribution in [3.8, 4) is 6.07 Å². The molecule has 2 unspecified atom stereocenters. The summed E-state index contributed by atoms with van der Waals surface area (Å²) in [7, 11) is -3.44. The van der Waals surface area contributed by atoms with Crippen LogP contribution in [0.3, 0.4) is 0 Å². The summed E-state index contributed by atoms with van der Waals surface area (Å²) in [4.78, 5) is 0.282. The number of nitriles is 1. The van der Waals surface area contributed by atoms with Crippen LogP contribution in [0.15, 0.2) is 29.2 Å². The van der Waals surface area contributed by atoms with Crippen LogP contribution in [0.1, 0.15) is 18.9 Å². The minimum Gasteiger partial charge on any atom is -0.328 e. The molecule has 20 heavy (non-hydrogen) atoms. The number of nitrogens with zero attached hydrogens (tertiary/aromatic N) is 2. The van der Waals surface area contributed by atoms with Gasteiger partial charge in [-0.3, -0.25) is 0 Å². The SMILES string of the molecule is CC(N)C1CCN(S(=O)(=O)c2ccc(CC#N)cc2)C1. The fraction of sp³-hybridized carbons (Fsp3) is 0.500. The van der Waals surface area contributed by atoms with Gasteiger partial charge in [0.1, 0.15) is 0 Å². The quantitative estimate of drug-likeness (QED) is 0.901. The van der Waals surface area contributed by atoms with Crippen LogP contribution in [0, 0.1) is 17.2 Å². The number of benzene rings is 1. The van der Waals surface area contributed by atoms with E-state index in [1.807, 2.05) is 13.0 Å². The van der Waals surface area contributed by atoms with Gasteiger partial charge in [0.15, 0.2) is 0 Å². The first-order valence-electron chi connectivity index (χ1n) is 6.67. The van der Waals surface area contributed by atoms with E-state index in [1.54, 1.807) is 24.3 Å². The molecule has 1 heterocycles. The topological polar surface area (TPSA) is 87.2 Å². The van der Waals surface area contributed by atoms with Crippen LogP contribution in [0.2, 0.25) is 0 Å². The smallest absolute Gasteiger partial charge is 0.243 e. The summed E-state index contributed by atoms with van der Waals surface area (Å²) in [5, 5.41) is 8.61. The van der Waals surface area contributed by atoms with Crippen molar-refractivity contribution in [1.29, 1.82) is 5.26 Å². The van der Waals surface area contributed by atoms with Gasteiger partial charge in [-0.05, 0) is 37.0 Å². The standard InChI is InChI=1S/C14H19N3O2S/c1-11(16)13-7-9-17(10-13)20(18,19)14-4-2-12(3-5-14)6-8-15/h2-5,11,13H,6-7,9-10,16H2,1H3. The lowest BCUT2D eigenvalue weighted by molar-refractivity contribution is 0.429. The molecule has 0 radical (unpaired) electrons. The monoisotopic (exact) mass is 293 g/mol. The zero-order chi connectivity index (χ0) is 14.8. The van der Waals surface area contributed by atoms with E-state index in [9.17, 15) is 8.42 Å². The largest absolute Gasteiger partial charge is 0.328 e. The van der Waals surface area contributed by atoms with Crippen LogP contribution in [0.4, 0.5) is 0 Å². The number of nitrogens with two attached hydrogens (primary N) is 1. The van der Waals surface area contributed by atoms with Gasteiger partial charge >= 0.3 is 0 Å². The van der Waals surface area contributed by atoms with E-state index in [1.165, 1.54) is 4.31 Å². The highest BCUT2D eigenvalue weighted by molar-refractivity contribution is 7.89. The molecule has 6 heteroatoms. The molecule has 0 spiro atoms. The van der Waals surface area contributed by atoms with Crippen LogP contribution in [-0.4, -0.2) is 31.9 Å². The molecule has 1 saturated heterocycles. The second-order valence-electron chi connectivity index (χ2n) is 5.25. The Morgan fingerprint density at radius 1 is 1.45 bits per heavy atom. The lowest BCUT2D eigenvalue weighted by Crippen LogP contribution is -2.33. The van der Waals surface area contributed by atoms with Crippen molar-refractivity contribution in [2.24, 2.45) is 11.7 Å². The summed E-state index contributed by atoms with van der Waals surface area (Å²) >= 11 is 0. The van der Waals surface area contributed by atoms with E-state index in [-0.39, 0.29) is 23.3 Å². The summed E-state index contributed by atoms with van der Waals surface area (Å²) in [6.07, 6.45) is 1.10. The maximum atomic E-state index is 12.5. The van der Waals surface area contributed by atoms with Crippen LogP contribution in [-0.2, 0) is 16.4 Å². The minimum absolute atomic E-state index is 0.00760. The summed E-state index contributed by atoms with van der Waals surface area (Å²) in [5.41, 5.74) is 6.66. The predicted molar refractivity (Wildman–Crippen MR) is 76.3 cm³/mol. The van der Waals surface area contributed by atoms with Crippen molar-refractivity contribution in [2.75, 3.05) is 13.1 Å². The van der Waals surface area contributed by atoms with Crippen molar-refractivity contribution in [3.63, 3.8) is 0 Å². The summed E-state index contributed by atoms with van der Waals surface area (Å²) < 4.78 is 26.5. The van der Waals surface area contributed by atoms with Crippen molar-refractivity contribution in [1.82, 2.24) is 4.31 Å². The van der Waals surface area contributed by atoms with Crippen LogP contribution >= 0.6 is 0 Å². The zero-order valence-electron chi connectivity index (χ0n) is 11.5. The Morgan fingerprint density at radius 3 is 2.60 bits per heavy atom. The second kappa shape index (κ2) is 5.92. The Bertz CT molecular complexity index is 602. The van der Waals surface area contributed by atoms with Crippen LogP contribution < -0.4 is 5.73 Å². The maximum absolute atomic E-state index is 12.5. The van der Waals surface area contributed by atoms with Gasteiger partial charge in [-0.2, -0.15) is 9.57 Å². The molecule has 0 aromatic heterocycles. The first-order chi connectivity index (χ1) is 9.45. The zero-order valence-corrected chi connectivity index (χ0v) is 12.3. The Morgan fingerprint density at radius 2 is 2.10 bits per heavy atom. The molecule has 2 N–H and O–H groups in total. The van der Waals surface area contributed by atoms with Gasteiger partial charge in [-0.25, -0.2) is 8.42 Å². The number of hydrogen-bond acceptors (Lipinski definition) is 4. The average molecular weight is 293 g/mol. The summed E-state index contributed by atoms with van der Waals surface area (Å²) in [5.74, 6) is 0.225. The molecular weight excluding hydrogens is 274 g/mol. The number of sulfonamides is 1. The molecule has 1 aromatic carbocycles. The fourth-order valence-electron chi connectivity index (χ4n) is 2.42. The molecule has 0 amide bonds. The third kappa shape index (κ3) is 3.01. The fourth-order valence-corrected chi connectivity index (χ4v) is 3.93. The highest BCUT2D eigenvalue weighted by Crippen LogP contribution is 2.25. The van der Waals surface area contributed by atoms with E-state index >= 15 is 0 Å². The van der Waals surface area contributed by atoms with Gasteiger partial charge in [0, 0.05) is 19.1 Å². The maximum Gasteiger partial charge on any atom is 0.243 e. The molecule has 108 valence electrons. The highest BCUT2D eigenvalue weighted by atomic mass is 32.2. The Hall–Kier alpha value is -1.42. The molecule has 5 nitrogen and oxygen atoms in total. The van der Waals surface area contributed by atoms with Crippen molar-refractivity contribution < 1.29 is 8.42 Å². The van der Waals surface area contributed by atoms with E-state index < -0.39 is 10.0 Å². The molecule has 0 aliphatic carbocycles. The van der Waals surface area contributed by atoms with Crippen LogP contribution in [0.5, 0.6) is 0 Å². The van der Waals surface area contributed by atoms with E-state index in [4.69, 9.17) is 11.0 Å². The van der Waals surface area contributed by atoms with Crippen molar-refractivity contribution in [3.05, 3.63) is 29.8 Å². The van der Waals surface area contributed by atoms with E-state index in [0.29, 0.717) is 13.1 Å². The van der Waals surface area contributed by atoms with Gasteiger partial charge in [0.25, 0.3) is 0 Å². The van der Waals surface area contributed by atoms with Gasteiger partial charge in [-0.1, -0.05) is 12.1 Å².